The Morgan fingerprint density at radius 3 is 2.46 bits per heavy atom. The van der Waals surface area contributed by atoms with E-state index in [1.54, 1.807) is 0 Å². The van der Waals surface area contributed by atoms with Crippen LogP contribution in [0.15, 0.2) is 12.1 Å². The number of carbonyl (C=O) groups excluding carboxylic acids is 1. The molecule has 1 amide bonds. The third-order valence-corrected chi connectivity index (χ3v) is 1.30. The molecule has 0 spiro atoms. The summed E-state index contributed by atoms with van der Waals surface area (Å²) >= 11 is 0. The summed E-state index contributed by atoms with van der Waals surface area (Å²) in [6, 6.07) is 1.11. The minimum Gasteiger partial charge on any atom is -0.324 e. The predicted octanol–water partition coefficient (Wildman–Crippen LogP) is 2.06. The molecule has 1 aromatic carbocycles. The van der Waals surface area contributed by atoms with Crippen LogP contribution in [-0.4, -0.2) is 5.91 Å². The minimum atomic E-state index is -1.33. The number of anilines is 1. The Labute approximate surface area is 72.4 Å². The van der Waals surface area contributed by atoms with Crippen molar-refractivity contribution >= 4 is 11.6 Å². The van der Waals surface area contributed by atoms with Crippen molar-refractivity contribution in [1.29, 1.82) is 0 Å². The van der Waals surface area contributed by atoms with Gasteiger partial charge in [0.05, 0.1) is 5.69 Å². The lowest BCUT2D eigenvalue weighted by molar-refractivity contribution is -0.114. The number of hydrogen-bond acceptors (Lipinski definition) is 1. The van der Waals surface area contributed by atoms with Crippen LogP contribution in [0.5, 0.6) is 0 Å². The van der Waals surface area contributed by atoms with Crippen molar-refractivity contribution in [2.45, 2.75) is 6.92 Å². The molecule has 1 aromatic rings. The van der Waals surface area contributed by atoms with Crippen LogP contribution in [0.4, 0.5) is 18.9 Å². The number of carbonyl (C=O) groups is 1. The largest absolute Gasteiger partial charge is 0.324 e. The first-order valence-electron chi connectivity index (χ1n) is 3.43. The van der Waals surface area contributed by atoms with Crippen LogP contribution in [0.1, 0.15) is 6.92 Å². The van der Waals surface area contributed by atoms with E-state index in [1.807, 2.05) is 5.32 Å². The van der Waals surface area contributed by atoms with Crippen LogP contribution in [0.3, 0.4) is 0 Å². The number of rotatable bonds is 1. The summed E-state index contributed by atoms with van der Waals surface area (Å²) in [6.07, 6.45) is 0. The average Bonchev–Trinajstić information content (AvgIpc) is 1.98. The Morgan fingerprint density at radius 1 is 1.31 bits per heavy atom. The zero-order valence-corrected chi connectivity index (χ0v) is 6.70. The molecule has 1 rings (SSSR count). The van der Waals surface area contributed by atoms with Gasteiger partial charge in [-0.05, 0) is 0 Å². The number of hydrogen-bond donors (Lipinski definition) is 1. The first-order valence-corrected chi connectivity index (χ1v) is 3.43. The van der Waals surface area contributed by atoms with E-state index >= 15 is 0 Å². The van der Waals surface area contributed by atoms with Crippen LogP contribution in [0, 0.1) is 17.5 Å². The maximum atomic E-state index is 12.8. The second kappa shape index (κ2) is 3.47. The summed E-state index contributed by atoms with van der Waals surface area (Å²) in [5.41, 5.74) is -0.495. The van der Waals surface area contributed by atoms with E-state index in [4.69, 9.17) is 0 Å². The van der Waals surface area contributed by atoms with Gasteiger partial charge in [0.1, 0.15) is 5.82 Å². The number of amides is 1. The number of halogens is 3. The zero-order chi connectivity index (χ0) is 10.0. The fourth-order valence-corrected chi connectivity index (χ4v) is 0.837. The van der Waals surface area contributed by atoms with Gasteiger partial charge in [0.25, 0.3) is 0 Å². The van der Waals surface area contributed by atoms with Crippen molar-refractivity contribution in [3.05, 3.63) is 29.6 Å². The molecule has 0 saturated heterocycles. The highest BCUT2D eigenvalue weighted by Gasteiger charge is 2.11. The van der Waals surface area contributed by atoms with Gasteiger partial charge in [-0.25, -0.2) is 13.2 Å². The smallest absolute Gasteiger partial charge is 0.221 e. The first-order chi connectivity index (χ1) is 6.00. The molecule has 1 N–H and O–H groups in total. The van der Waals surface area contributed by atoms with Gasteiger partial charge in [0.15, 0.2) is 11.6 Å². The van der Waals surface area contributed by atoms with Gasteiger partial charge in [0, 0.05) is 19.1 Å². The quantitative estimate of drug-likeness (QED) is 0.673. The summed E-state index contributed by atoms with van der Waals surface area (Å²) in [4.78, 5) is 10.5. The molecule has 0 aromatic heterocycles. The van der Waals surface area contributed by atoms with Gasteiger partial charge in [-0.1, -0.05) is 0 Å². The summed E-state index contributed by atoms with van der Waals surface area (Å²) in [7, 11) is 0. The predicted molar refractivity (Wildman–Crippen MR) is 40.6 cm³/mol. The molecule has 13 heavy (non-hydrogen) atoms. The Balaban J connectivity index is 3.12. The van der Waals surface area contributed by atoms with E-state index < -0.39 is 29.0 Å². The van der Waals surface area contributed by atoms with E-state index in [0.29, 0.717) is 12.1 Å². The second-order valence-electron chi connectivity index (χ2n) is 2.43. The van der Waals surface area contributed by atoms with Crippen molar-refractivity contribution in [2.24, 2.45) is 0 Å². The Kier molecular flexibility index (Phi) is 2.55. The van der Waals surface area contributed by atoms with Crippen LogP contribution < -0.4 is 5.32 Å². The standard InChI is InChI=1S/C8H6F3NO/c1-4(13)12-7-3-5(9)2-6(10)8(7)11/h2-3H,1H3,(H,12,13). The van der Waals surface area contributed by atoms with E-state index in [2.05, 4.69) is 0 Å². The highest BCUT2D eigenvalue weighted by molar-refractivity contribution is 5.88. The van der Waals surface area contributed by atoms with Crippen molar-refractivity contribution in [2.75, 3.05) is 5.32 Å². The Morgan fingerprint density at radius 2 is 1.92 bits per heavy atom. The van der Waals surface area contributed by atoms with Gasteiger partial charge in [-0.15, -0.1) is 0 Å². The Bertz CT molecular complexity index is 351. The molecule has 70 valence electrons. The molecule has 0 bridgehead atoms. The zero-order valence-electron chi connectivity index (χ0n) is 6.70. The minimum absolute atomic E-state index is 0.403. The van der Waals surface area contributed by atoms with Crippen molar-refractivity contribution in [3.8, 4) is 0 Å². The Hall–Kier alpha value is -1.52. The SMILES string of the molecule is CC(=O)Nc1cc(F)cc(F)c1F. The molecule has 0 aliphatic rings. The second-order valence-corrected chi connectivity index (χ2v) is 2.43. The molecule has 0 heterocycles. The van der Waals surface area contributed by atoms with Gasteiger partial charge in [-0.2, -0.15) is 0 Å². The summed E-state index contributed by atoms with van der Waals surface area (Å²) < 4.78 is 37.8. The fraction of sp³-hybridized carbons (Fsp3) is 0.125. The van der Waals surface area contributed by atoms with Gasteiger partial charge < -0.3 is 5.32 Å². The first kappa shape index (κ1) is 9.57. The van der Waals surface area contributed by atoms with Crippen LogP contribution in [-0.2, 0) is 4.79 Å². The summed E-state index contributed by atoms with van der Waals surface area (Å²) in [6.45, 7) is 1.11. The van der Waals surface area contributed by atoms with Crippen molar-refractivity contribution in [3.63, 3.8) is 0 Å². The lowest BCUT2D eigenvalue weighted by atomic mass is 10.3. The number of nitrogens with one attached hydrogen (secondary N) is 1. The molecule has 0 saturated carbocycles. The van der Waals surface area contributed by atoms with E-state index in [1.165, 1.54) is 0 Å². The lowest BCUT2D eigenvalue weighted by Gasteiger charge is -2.03. The van der Waals surface area contributed by atoms with Crippen molar-refractivity contribution < 1.29 is 18.0 Å². The molecular formula is C8H6F3NO. The van der Waals surface area contributed by atoms with Gasteiger partial charge in [-0.3, -0.25) is 4.79 Å². The third kappa shape index (κ3) is 2.21. The summed E-state index contributed by atoms with van der Waals surface area (Å²) in [5.74, 6) is -4.13. The molecule has 0 aliphatic carbocycles. The van der Waals surface area contributed by atoms with Crippen LogP contribution in [0.25, 0.3) is 0 Å². The van der Waals surface area contributed by atoms with Crippen molar-refractivity contribution in [1.82, 2.24) is 0 Å². The highest BCUT2D eigenvalue weighted by Crippen LogP contribution is 2.18. The van der Waals surface area contributed by atoms with E-state index in [9.17, 15) is 18.0 Å². The highest BCUT2D eigenvalue weighted by atomic mass is 19.2. The molecule has 0 radical (unpaired) electrons. The number of benzene rings is 1. The average molecular weight is 189 g/mol. The molecule has 5 heteroatoms. The van der Waals surface area contributed by atoms with E-state index in [0.717, 1.165) is 6.92 Å². The molecule has 0 fully saturated rings. The molecular weight excluding hydrogens is 183 g/mol. The van der Waals surface area contributed by atoms with Crippen LogP contribution in [0.2, 0.25) is 0 Å². The molecule has 0 aliphatic heterocycles. The monoisotopic (exact) mass is 189 g/mol. The third-order valence-electron chi connectivity index (χ3n) is 1.30. The van der Waals surface area contributed by atoms with Gasteiger partial charge >= 0.3 is 0 Å². The topological polar surface area (TPSA) is 29.1 Å². The molecule has 0 atom stereocenters. The van der Waals surface area contributed by atoms with Crippen LogP contribution >= 0.6 is 0 Å². The maximum Gasteiger partial charge on any atom is 0.221 e. The molecule has 0 unspecified atom stereocenters. The molecule has 2 nitrogen and oxygen atoms in total. The van der Waals surface area contributed by atoms with E-state index in [-0.39, 0.29) is 0 Å². The fourth-order valence-electron chi connectivity index (χ4n) is 0.837. The lowest BCUT2D eigenvalue weighted by Crippen LogP contribution is -2.08. The summed E-state index contributed by atoms with van der Waals surface area (Å²) in [5, 5.41) is 1.96. The normalized spacial score (nSPS) is 9.85. The maximum absolute atomic E-state index is 12.8. The van der Waals surface area contributed by atoms with Gasteiger partial charge in [0.2, 0.25) is 5.91 Å².